The van der Waals surface area contributed by atoms with Gasteiger partial charge in [-0.25, -0.2) is 4.98 Å². The first-order valence-electron chi connectivity index (χ1n) is 7.79. The zero-order chi connectivity index (χ0) is 13.9. The van der Waals surface area contributed by atoms with Crippen LogP contribution in [0.25, 0.3) is 0 Å². The van der Waals surface area contributed by atoms with Crippen LogP contribution >= 0.6 is 0 Å². The van der Waals surface area contributed by atoms with E-state index in [1.165, 1.54) is 37.8 Å². The minimum atomic E-state index is 0.0702. The van der Waals surface area contributed by atoms with Gasteiger partial charge < -0.3 is 15.2 Å². The Bertz CT molecular complexity index is 488. The number of carbonyl (C=O) groups excluding carboxylic acids is 1. The van der Waals surface area contributed by atoms with E-state index in [0.29, 0.717) is 12.5 Å². The van der Waals surface area contributed by atoms with Crippen LogP contribution in [-0.4, -0.2) is 29.1 Å². The summed E-state index contributed by atoms with van der Waals surface area (Å²) in [6, 6.07) is 0. The topological polar surface area (TPSA) is 59.0 Å². The van der Waals surface area contributed by atoms with Crippen LogP contribution in [0, 0.1) is 0 Å². The summed E-state index contributed by atoms with van der Waals surface area (Å²) in [6.07, 6.45) is 7.34. The normalized spacial score (nSPS) is 19.6. The van der Waals surface area contributed by atoms with Crippen LogP contribution in [0.1, 0.15) is 55.2 Å². The van der Waals surface area contributed by atoms with E-state index in [4.69, 9.17) is 4.98 Å². The third kappa shape index (κ3) is 2.59. The maximum atomic E-state index is 11.8. The third-order valence-electron chi connectivity index (χ3n) is 4.57. The van der Waals surface area contributed by atoms with Gasteiger partial charge in [0.2, 0.25) is 5.91 Å². The highest BCUT2D eigenvalue weighted by molar-refractivity contribution is 5.75. The molecule has 0 bridgehead atoms. The Kier molecular flexibility index (Phi) is 4.05. The third-order valence-corrected chi connectivity index (χ3v) is 4.57. The van der Waals surface area contributed by atoms with Gasteiger partial charge in [-0.2, -0.15) is 0 Å². The summed E-state index contributed by atoms with van der Waals surface area (Å²) in [5, 5.41) is 6.11. The standard InChI is InChI=1S/C15H24N4O/c1-16-14(20)10-19-13-7-8-17-9-12(13)18-15(19)11-5-3-2-4-6-11/h11,17H,2-10H2,1H3,(H,16,20). The Morgan fingerprint density at radius 1 is 1.40 bits per heavy atom. The summed E-state index contributed by atoms with van der Waals surface area (Å²) in [4.78, 5) is 16.7. The molecule has 5 heteroatoms. The van der Waals surface area contributed by atoms with Gasteiger partial charge in [-0.05, 0) is 12.8 Å². The number of hydrogen-bond donors (Lipinski definition) is 2. The van der Waals surface area contributed by atoms with Gasteiger partial charge in [0.1, 0.15) is 12.4 Å². The minimum absolute atomic E-state index is 0.0702. The molecule has 0 spiro atoms. The Balaban J connectivity index is 1.94. The van der Waals surface area contributed by atoms with Gasteiger partial charge in [0, 0.05) is 38.2 Å². The zero-order valence-electron chi connectivity index (χ0n) is 12.2. The maximum Gasteiger partial charge on any atom is 0.239 e. The lowest BCUT2D eigenvalue weighted by Crippen LogP contribution is -2.29. The second-order valence-corrected chi connectivity index (χ2v) is 5.88. The molecule has 2 aliphatic rings. The summed E-state index contributed by atoms with van der Waals surface area (Å²) >= 11 is 0. The summed E-state index contributed by atoms with van der Waals surface area (Å²) < 4.78 is 2.20. The molecule has 110 valence electrons. The number of likely N-dealkylation sites (N-methyl/N-ethyl adjacent to an activating group) is 1. The predicted octanol–water partition coefficient (Wildman–Crippen LogP) is 1.32. The lowest BCUT2D eigenvalue weighted by atomic mass is 9.88. The van der Waals surface area contributed by atoms with Crippen molar-refractivity contribution in [2.45, 2.75) is 57.5 Å². The molecular weight excluding hydrogens is 252 g/mol. The first-order valence-corrected chi connectivity index (χ1v) is 7.79. The summed E-state index contributed by atoms with van der Waals surface area (Å²) in [6.45, 7) is 2.25. The lowest BCUT2D eigenvalue weighted by Gasteiger charge is -2.23. The molecule has 0 atom stereocenters. The number of hydrogen-bond acceptors (Lipinski definition) is 3. The number of nitrogens with zero attached hydrogens (tertiary/aromatic N) is 2. The molecule has 1 aliphatic carbocycles. The molecule has 5 nitrogen and oxygen atoms in total. The highest BCUT2D eigenvalue weighted by Gasteiger charge is 2.26. The molecule has 0 saturated heterocycles. The van der Waals surface area contributed by atoms with Gasteiger partial charge in [0.05, 0.1) is 5.69 Å². The molecule has 1 aromatic heterocycles. The van der Waals surface area contributed by atoms with E-state index in [9.17, 15) is 4.79 Å². The van der Waals surface area contributed by atoms with Crippen LogP contribution in [0.2, 0.25) is 0 Å². The van der Waals surface area contributed by atoms with Gasteiger partial charge in [0.15, 0.2) is 0 Å². The van der Waals surface area contributed by atoms with E-state index < -0.39 is 0 Å². The number of fused-ring (bicyclic) bond motifs is 1. The monoisotopic (exact) mass is 276 g/mol. The smallest absolute Gasteiger partial charge is 0.239 e. The molecule has 0 unspecified atom stereocenters. The summed E-state index contributed by atoms with van der Waals surface area (Å²) in [7, 11) is 1.70. The number of amides is 1. The van der Waals surface area contributed by atoms with E-state index >= 15 is 0 Å². The van der Waals surface area contributed by atoms with Crippen LogP contribution < -0.4 is 10.6 Å². The zero-order valence-corrected chi connectivity index (χ0v) is 12.2. The maximum absolute atomic E-state index is 11.8. The number of aromatic nitrogens is 2. The van der Waals surface area contributed by atoms with E-state index in [-0.39, 0.29) is 5.91 Å². The van der Waals surface area contributed by atoms with Crippen molar-refractivity contribution in [1.82, 2.24) is 20.2 Å². The fraction of sp³-hybridized carbons (Fsp3) is 0.733. The highest BCUT2D eigenvalue weighted by Crippen LogP contribution is 2.33. The molecule has 20 heavy (non-hydrogen) atoms. The molecule has 2 heterocycles. The van der Waals surface area contributed by atoms with Crippen molar-refractivity contribution in [3.63, 3.8) is 0 Å². The Morgan fingerprint density at radius 3 is 2.95 bits per heavy atom. The van der Waals surface area contributed by atoms with Gasteiger partial charge in [-0.15, -0.1) is 0 Å². The first kappa shape index (κ1) is 13.6. The van der Waals surface area contributed by atoms with E-state index in [1.54, 1.807) is 7.05 Å². The number of carbonyl (C=O) groups is 1. The van der Waals surface area contributed by atoms with Gasteiger partial charge >= 0.3 is 0 Å². The minimum Gasteiger partial charge on any atom is -0.358 e. The lowest BCUT2D eigenvalue weighted by molar-refractivity contribution is -0.121. The van der Waals surface area contributed by atoms with E-state index in [2.05, 4.69) is 15.2 Å². The fourth-order valence-electron chi connectivity index (χ4n) is 3.46. The van der Waals surface area contributed by atoms with Gasteiger partial charge in [-0.1, -0.05) is 19.3 Å². The van der Waals surface area contributed by atoms with Crippen molar-refractivity contribution in [1.29, 1.82) is 0 Å². The molecule has 2 N–H and O–H groups in total. The molecule has 3 rings (SSSR count). The number of rotatable bonds is 3. The van der Waals surface area contributed by atoms with Gasteiger partial charge in [-0.3, -0.25) is 4.79 Å². The first-order chi connectivity index (χ1) is 9.79. The number of imidazole rings is 1. The van der Waals surface area contributed by atoms with Crippen LogP contribution in [-0.2, 0) is 24.3 Å². The largest absolute Gasteiger partial charge is 0.358 e. The summed E-state index contributed by atoms with van der Waals surface area (Å²) in [5.74, 6) is 1.77. The van der Waals surface area contributed by atoms with Crippen molar-refractivity contribution in [2.24, 2.45) is 0 Å². The van der Waals surface area contributed by atoms with Crippen molar-refractivity contribution < 1.29 is 4.79 Å². The molecule has 1 aliphatic heterocycles. The van der Waals surface area contributed by atoms with Crippen LogP contribution in [0.5, 0.6) is 0 Å². The predicted molar refractivity (Wildman–Crippen MR) is 77.5 cm³/mol. The van der Waals surface area contributed by atoms with Crippen molar-refractivity contribution in [3.8, 4) is 0 Å². The summed E-state index contributed by atoms with van der Waals surface area (Å²) in [5.41, 5.74) is 2.42. The van der Waals surface area contributed by atoms with E-state index in [1.807, 2.05) is 0 Å². The SMILES string of the molecule is CNC(=O)Cn1c(C2CCCCC2)nc2c1CCNC2. The van der Waals surface area contributed by atoms with E-state index in [0.717, 1.165) is 31.0 Å². The quantitative estimate of drug-likeness (QED) is 0.875. The van der Waals surface area contributed by atoms with Crippen LogP contribution in [0.4, 0.5) is 0 Å². The Hall–Kier alpha value is -1.36. The van der Waals surface area contributed by atoms with Gasteiger partial charge in [0.25, 0.3) is 0 Å². The molecule has 1 saturated carbocycles. The van der Waals surface area contributed by atoms with Crippen LogP contribution in [0.3, 0.4) is 0 Å². The second-order valence-electron chi connectivity index (χ2n) is 5.88. The average Bonchev–Trinajstić information content (AvgIpc) is 2.87. The van der Waals surface area contributed by atoms with Crippen molar-refractivity contribution >= 4 is 5.91 Å². The molecule has 0 radical (unpaired) electrons. The van der Waals surface area contributed by atoms with Crippen molar-refractivity contribution in [3.05, 3.63) is 17.2 Å². The Labute approximate surface area is 120 Å². The average molecular weight is 276 g/mol. The Morgan fingerprint density at radius 2 is 2.20 bits per heavy atom. The molecule has 1 aromatic rings. The highest BCUT2D eigenvalue weighted by atomic mass is 16.1. The number of nitrogens with one attached hydrogen (secondary N) is 2. The molecular formula is C15H24N4O. The van der Waals surface area contributed by atoms with Crippen molar-refractivity contribution in [2.75, 3.05) is 13.6 Å². The van der Waals surface area contributed by atoms with Crippen LogP contribution in [0.15, 0.2) is 0 Å². The molecule has 1 amide bonds. The molecule has 0 aromatic carbocycles. The fourth-order valence-corrected chi connectivity index (χ4v) is 3.46. The second kappa shape index (κ2) is 5.95. The molecule has 1 fully saturated rings.